The van der Waals surface area contributed by atoms with Crippen LogP contribution in [0.5, 0.6) is 5.75 Å². The third kappa shape index (κ3) is 5.00. The molecule has 0 aliphatic rings. The minimum absolute atomic E-state index is 0.110. The van der Waals surface area contributed by atoms with E-state index in [1.165, 1.54) is 6.07 Å². The van der Waals surface area contributed by atoms with E-state index in [9.17, 15) is 4.39 Å². The van der Waals surface area contributed by atoms with Crippen molar-refractivity contribution in [2.75, 3.05) is 6.54 Å². The molecule has 0 fully saturated rings. The third-order valence-corrected chi connectivity index (χ3v) is 3.46. The monoisotopic (exact) mass is 321 g/mol. The van der Waals surface area contributed by atoms with Crippen LogP contribution < -0.4 is 10.1 Å². The standard InChI is InChI=1S/C18H21ClFNO/c1-13(2)22-18-8-7-16(19)11-15(18)12-21-10-9-14-5-3-4-6-17(14)20/h3-8,11,13,21H,9-10,12H2,1-2H3. The number of benzene rings is 2. The van der Waals surface area contributed by atoms with Crippen LogP contribution in [-0.2, 0) is 13.0 Å². The van der Waals surface area contributed by atoms with Gasteiger partial charge in [0.05, 0.1) is 6.10 Å². The number of hydrogen-bond donors (Lipinski definition) is 1. The topological polar surface area (TPSA) is 21.3 Å². The summed E-state index contributed by atoms with van der Waals surface area (Å²) in [4.78, 5) is 0. The highest BCUT2D eigenvalue weighted by molar-refractivity contribution is 6.30. The molecule has 22 heavy (non-hydrogen) atoms. The molecule has 0 spiro atoms. The van der Waals surface area contributed by atoms with Crippen LogP contribution in [0.1, 0.15) is 25.0 Å². The molecule has 118 valence electrons. The molecule has 0 aromatic heterocycles. The fraction of sp³-hybridized carbons (Fsp3) is 0.333. The molecule has 0 saturated heterocycles. The van der Waals surface area contributed by atoms with E-state index >= 15 is 0 Å². The summed E-state index contributed by atoms with van der Waals surface area (Å²) in [7, 11) is 0. The second kappa shape index (κ2) is 8.16. The van der Waals surface area contributed by atoms with Crippen molar-refractivity contribution in [1.29, 1.82) is 0 Å². The van der Waals surface area contributed by atoms with Crippen molar-refractivity contribution in [3.05, 3.63) is 64.4 Å². The van der Waals surface area contributed by atoms with E-state index in [-0.39, 0.29) is 11.9 Å². The van der Waals surface area contributed by atoms with Gasteiger partial charge in [0.1, 0.15) is 11.6 Å². The van der Waals surface area contributed by atoms with Crippen LogP contribution in [0.15, 0.2) is 42.5 Å². The zero-order chi connectivity index (χ0) is 15.9. The van der Waals surface area contributed by atoms with Gasteiger partial charge < -0.3 is 10.1 Å². The van der Waals surface area contributed by atoms with Gasteiger partial charge in [-0.1, -0.05) is 29.8 Å². The Bertz CT molecular complexity index is 616. The molecule has 0 aliphatic heterocycles. The van der Waals surface area contributed by atoms with Crippen molar-refractivity contribution in [1.82, 2.24) is 5.32 Å². The number of halogens is 2. The SMILES string of the molecule is CC(C)Oc1ccc(Cl)cc1CNCCc1ccccc1F. The van der Waals surface area contributed by atoms with Crippen molar-refractivity contribution >= 4 is 11.6 Å². The molecule has 0 heterocycles. The normalized spacial score (nSPS) is 11.0. The van der Waals surface area contributed by atoms with Gasteiger partial charge in [0.2, 0.25) is 0 Å². The van der Waals surface area contributed by atoms with E-state index in [0.717, 1.165) is 16.9 Å². The highest BCUT2D eigenvalue weighted by Gasteiger charge is 2.07. The number of nitrogens with one attached hydrogen (secondary N) is 1. The van der Waals surface area contributed by atoms with Crippen LogP contribution in [-0.4, -0.2) is 12.6 Å². The summed E-state index contributed by atoms with van der Waals surface area (Å²) in [5.74, 6) is 0.675. The molecular weight excluding hydrogens is 301 g/mol. The Labute approximate surface area is 136 Å². The highest BCUT2D eigenvalue weighted by Crippen LogP contribution is 2.23. The first-order valence-electron chi connectivity index (χ1n) is 7.45. The summed E-state index contributed by atoms with van der Waals surface area (Å²) in [6, 6.07) is 12.5. The maximum Gasteiger partial charge on any atom is 0.126 e. The zero-order valence-corrected chi connectivity index (χ0v) is 13.7. The average Bonchev–Trinajstić information content (AvgIpc) is 2.47. The quantitative estimate of drug-likeness (QED) is 0.753. The van der Waals surface area contributed by atoms with Crippen LogP contribution in [0, 0.1) is 5.82 Å². The molecule has 2 aromatic rings. The first-order chi connectivity index (χ1) is 10.6. The van der Waals surface area contributed by atoms with Crippen LogP contribution >= 0.6 is 11.6 Å². The Morgan fingerprint density at radius 2 is 1.91 bits per heavy atom. The summed E-state index contributed by atoms with van der Waals surface area (Å²) >= 11 is 6.05. The Kier molecular flexibility index (Phi) is 6.22. The molecule has 0 saturated carbocycles. The molecule has 4 heteroatoms. The van der Waals surface area contributed by atoms with E-state index in [2.05, 4.69) is 5.32 Å². The van der Waals surface area contributed by atoms with E-state index < -0.39 is 0 Å². The van der Waals surface area contributed by atoms with E-state index in [1.54, 1.807) is 6.07 Å². The lowest BCUT2D eigenvalue weighted by Gasteiger charge is -2.15. The molecule has 0 unspecified atom stereocenters. The van der Waals surface area contributed by atoms with Crippen LogP contribution in [0.4, 0.5) is 4.39 Å². The maximum absolute atomic E-state index is 13.5. The predicted molar refractivity (Wildman–Crippen MR) is 89.0 cm³/mol. The fourth-order valence-corrected chi connectivity index (χ4v) is 2.40. The molecule has 2 aromatic carbocycles. The van der Waals surface area contributed by atoms with Gasteiger partial charge >= 0.3 is 0 Å². The third-order valence-electron chi connectivity index (χ3n) is 3.23. The minimum Gasteiger partial charge on any atom is -0.491 e. The summed E-state index contributed by atoms with van der Waals surface area (Å²) in [6.45, 7) is 5.31. The molecule has 0 atom stereocenters. The lowest BCUT2D eigenvalue weighted by molar-refractivity contribution is 0.239. The number of ether oxygens (including phenoxy) is 1. The van der Waals surface area contributed by atoms with Crippen molar-refractivity contribution in [2.24, 2.45) is 0 Å². The Hall–Kier alpha value is -1.58. The second-order valence-corrected chi connectivity index (χ2v) is 5.87. The molecule has 2 rings (SSSR count). The lowest BCUT2D eigenvalue weighted by Crippen LogP contribution is -2.18. The second-order valence-electron chi connectivity index (χ2n) is 5.44. The van der Waals surface area contributed by atoms with Crippen LogP contribution in [0.2, 0.25) is 5.02 Å². The predicted octanol–water partition coefficient (Wildman–Crippen LogP) is 4.60. The van der Waals surface area contributed by atoms with E-state index in [1.807, 2.05) is 44.2 Å². The zero-order valence-electron chi connectivity index (χ0n) is 12.9. The summed E-state index contributed by atoms with van der Waals surface area (Å²) < 4.78 is 19.3. The van der Waals surface area contributed by atoms with Crippen molar-refractivity contribution < 1.29 is 9.13 Å². The fourth-order valence-electron chi connectivity index (χ4n) is 2.20. The molecule has 0 bridgehead atoms. The molecule has 0 aliphatic carbocycles. The highest BCUT2D eigenvalue weighted by atomic mass is 35.5. The van der Waals surface area contributed by atoms with Crippen molar-refractivity contribution in [3.8, 4) is 5.75 Å². The van der Waals surface area contributed by atoms with E-state index in [4.69, 9.17) is 16.3 Å². The molecular formula is C18H21ClFNO. The van der Waals surface area contributed by atoms with Gasteiger partial charge in [-0.05, 0) is 56.6 Å². The van der Waals surface area contributed by atoms with Crippen LogP contribution in [0.25, 0.3) is 0 Å². The first kappa shape index (κ1) is 16.8. The van der Waals surface area contributed by atoms with Gasteiger partial charge in [0, 0.05) is 17.1 Å². The van der Waals surface area contributed by atoms with Crippen molar-refractivity contribution in [2.45, 2.75) is 32.9 Å². The Balaban J connectivity index is 1.91. The van der Waals surface area contributed by atoms with Gasteiger partial charge in [0.15, 0.2) is 0 Å². The Morgan fingerprint density at radius 3 is 2.64 bits per heavy atom. The molecule has 0 radical (unpaired) electrons. The lowest BCUT2D eigenvalue weighted by atomic mass is 10.1. The average molecular weight is 322 g/mol. The summed E-state index contributed by atoms with van der Waals surface area (Å²) in [5, 5.41) is 4.00. The molecule has 0 amide bonds. The van der Waals surface area contributed by atoms with Gasteiger partial charge in [0.25, 0.3) is 0 Å². The van der Waals surface area contributed by atoms with Gasteiger partial charge in [-0.25, -0.2) is 4.39 Å². The molecule has 1 N–H and O–H groups in total. The van der Waals surface area contributed by atoms with E-state index in [0.29, 0.717) is 24.5 Å². The number of rotatable bonds is 7. The van der Waals surface area contributed by atoms with Gasteiger partial charge in [-0.2, -0.15) is 0 Å². The van der Waals surface area contributed by atoms with Crippen LogP contribution in [0.3, 0.4) is 0 Å². The largest absolute Gasteiger partial charge is 0.491 e. The number of hydrogen-bond acceptors (Lipinski definition) is 2. The summed E-state index contributed by atoms with van der Waals surface area (Å²) in [6.07, 6.45) is 0.756. The maximum atomic E-state index is 13.5. The van der Waals surface area contributed by atoms with Crippen molar-refractivity contribution in [3.63, 3.8) is 0 Å². The summed E-state index contributed by atoms with van der Waals surface area (Å²) in [5.41, 5.74) is 1.73. The minimum atomic E-state index is -0.157. The Morgan fingerprint density at radius 1 is 1.14 bits per heavy atom. The van der Waals surface area contributed by atoms with Gasteiger partial charge in [-0.3, -0.25) is 0 Å². The smallest absolute Gasteiger partial charge is 0.126 e. The molecule has 2 nitrogen and oxygen atoms in total. The van der Waals surface area contributed by atoms with Gasteiger partial charge in [-0.15, -0.1) is 0 Å². The first-order valence-corrected chi connectivity index (χ1v) is 7.83.